The van der Waals surface area contributed by atoms with Crippen LogP contribution in [0.1, 0.15) is 21.6 Å². The second-order valence-electron chi connectivity index (χ2n) is 4.15. The number of carboxylic acids is 1. The molecule has 0 bridgehead atoms. The first-order valence-corrected chi connectivity index (χ1v) is 5.90. The summed E-state index contributed by atoms with van der Waals surface area (Å²) in [7, 11) is 0. The Kier molecular flexibility index (Phi) is 4.07. The minimum absolute atomic E-state index is 0.148. The number of pyridine rings is 1. The van der Waals surface area contributed by atoms with Crippen LogP contribution in [0, 0.1) is 0 Å². The Labute approximate surface area is 114 Å². The van der Waals surface area contributed by atoms with Gasteiger partial charge in [-0.05, 0) is 6.07 Å². The molecule has 0 atom stereocenters. The Morgan fingerprint density at radius 2 is 2.35 bits per heavy atom. The molecule has 8 heteroatoms. The van der Waals surface area contributed by atoms with Crippen LogP contribution in [0.5, 0.6) is 0 Å². The number of aromatic carboxylic acids is 1. The monoisotopic (exact) mass is 276 g/mol. The molecule has 0 unspecified atom stereocenters. The Hall–Kier alpha value is -2.73. The summed E-state index contributed by atoms with van der Waals surface area (Å²) in [6.45, 7) is 0.450. The van der Waals surface area contributed by atoms with Gasteiger partial charge in [-0.3, -0.25) is 4.98 Å². The molecule has 0 saturated carbocycles. The molecule has 0 fully saturated rings. The van der Waals surface area contributed by atoms with Gasteiger partial charge in [-0.25, -0.2) is 14.4 Å². The largest absolute Gasteiger partial charge is 0.478 e. The van der Waals surface area contributed by atoms with Gasteiger partial charge in [-0.2, -0.15) is 4.99 Å². The van der Waals surface area contributed by atoms with Gasteiger partial charge >= 0.3 is 12.0 Å². The molecule has 0 aromatic carbocycles. The van der Waals surface area contributed by atoms with Crippen molar-refractivity contribution in [2.24, 2.45) is 4.99 Å². The highest BCUT2D eigenvalue weighted by molar-refractivity contribution is 5.89. The number of urea groups is 1. The number of carboxylic acid groups (broad SMARTS) is 1. The lowest BCUT2D eigenvalue weighted by atomic mass is 10.0. The highest BCUT2D eigenvalue weighted by atomic mass is 16.4. The summed E-state index contributed by atoms with van der Waals surface area (Å²) in [5.74, 6) is -1.04. The minimum Gasteiger partial charge on any atom is -0.478 e. The normalized spacial score (nSPS) is 13.1. The molecule has 0 aliphatic carbocycles. The van der Waals surface area contributed by atoms with E-state index in [4.69, 9.17) is 5.11 Å². The Morgan fingerprint density at radius 1 is 1.55 bits per heavy atom. The number of rotatable bonds is 3. The lowest BCUT2D eigenvalue weighted by Crippen LogP contribution is -2.43. The molecule has 1 aromatic rings. The van der Waals surface area contributed by atoms with Crippen molar-refractivity contribution < 1.29 is 19.5 Å². The second-order valence-corrected chi connectivity index (χ2v) is 4.15. The van der Waals surface area contributed by atoms with E-state index >= 15 is 0 Å². The highest BCUT2D eigenvalue weighted by Gasteiger charge is 2.25. The maximum Gasteiger partial charge on any atom is 0.336 e. The van der Waals surface area contributed by atoms with Crippen LogP contribution in [-0.2, 0) is 17.8 Å². The summed E-state index contributed by atoms with van der Waals surface area (Å²) >= 11 is 0. The Bertz CT molecular complexity index is 595. The topological polar surface area (TPSA) is 112 Å². The van der Waals surface area contributed by atoms with Gasteiger partial charge in [0, 0.05) is 30.4 Å². The summed E-state index contributed by atoms with van der Waals surface area (Å²) in [5, 5.41) is 11.6. The van der Waals surface area contributed by atoms with Crippen molar-refractivity contribution >= 4 is 18.1 Å². The third-order valence-corrected chi connectivity index (χ3v) is 3.00. The first kappa shape index (κ1) is 13.7. The average molecular weight is 276 g/mol. The number of aliphatic imine (C=N–C) groups is 1. The third-order valence-electron chi connectivity index (χ3n) is 3.00. The zero-order chi connectivity index (χ0) is 14.5. The number of hydrogen-bond donors (Lipinski definition) is 2. The van der Waals surface area contributed by atoms with Crippen molar-refractivity contribution in [1.29, 1.82) is 0 Å². The number of aromatic nitrogens is 1. The molecular formula is C12H12N4O4. The SMILES string of the molecule is O=C=NCNC(=O)N1CCc2nccc(C(=O)O)c2C1. The first-order valence-electron chi connectivity index (χ1n) is 5.90. The van der Waals surface area contributed by atoms with Gasteiger partial charge in [0.15, 0.2) is 0 Å². The van der Waals surface area contributed by atoms with Gasteiger partial charge < -0.3 is 15.3 Å². The van der Waals surface area contributed by atoms with Crippen molar-refractivity contribution in [3.8, 4) is 0 Å². The van der Waals surface area contributed by atoms with Gasteiger partial charge in [-0.15, -0.1) is 0 Å². The smallest absolute Gasteiger partial charge is 0.336 e. The average Bonchev–Trinajstić information content (AvgIpc) is 2.46. The quantitative estimate of drug-likeness (QED) is 0.602. The summed E-state index contributed by atoms with van der Waals surface area (Å²) in [4.78, 5) is 41.7. The van der Waals surface area contributed by atoms with Crippen molar-refractivity contribution in [2.75, 3.05) is 13.2 Å². The molecule has 2 heterocycles. The molecule has 2 N–H and O–H groups in total. The van der Waals surface area contributed by atoms with Gasteiger partial charge in [0.05, 0.1) is 12.1 Å². The van der Waals surface area contributed by atoms with Gasteiger partial charge in [-0.1, -0.05) is 0 Å². The molecule has 1 aromatic heterocycles. The Balaban J connectivity index is 2.15. The number of hydrogen-bond acceptors (Lipinski definition) is 5. The van der Waals surface area contributed by atoms with E-state index in [1.165, 1.54) is 23.2 Å². The number of nitrogens with one attached hydrogen (secondary N) is 1. The predicted octanol–water partition coefficient (Wildman–Crippen LogP) is 0.141. The molecular weight excluding hydrogens is 264 g/mol. The zero-order valence-electron chi connectivity index (χ0n) is 10.5. The summed E-state index contributed by atoms with van der Waals surface area (Å²) < 4.78 is 0. The predicted molar refractivity (Wildman–Crippen MR) is 66.8 cm³/mol. The van der Waals surface area contributed by atoms with E-state index in [0.29, 0.717) is 24.2 Å². The van der Waals surface area contributed by atoms with E-state index in [0.717, 1.165) is 0 Å². The van der Waals surface area contributed by atoms with Crippen LogP contribution in [0.25, 0.3) is 0 Å². The van der Waals surface area contributed by atoms with Crippen molar-refractivity contribution in [3.05, 3.63) is 29.1 Å². The van der Waals surface area contributed by atoms with Crippen molar-refractivity contribution in [3.63, 3.8) is 0 Å². The zero-order valence-corrected chi connectivity index (χ0v) is 10.5. The maximum atomic E-state index is 11.8. The molecule has 1 aliphatic rings. The molecule has 0 spiro atoms. The second kappa shape index (κ2) is 5.94. The van der Waals surface area contributed by atoms with Crippen LogP contribution in [0.4, 0.5) is 4.79 Å². The maximum absolute atomic E-state index is 11.8. The summed E-state index contributed by atoms with van der Waals surface area (Å²) in [6.07, 6.45) is 3.26. The van der Waals surface area contributed by atoms with E-state index in [1.807, 2.05) is 0 Å². The molecule has 1 aliphatic heterocycles. The summed E-state index contributed by atoms with van der Waals surface area (Å²) in [6, 6.07) is 1.01. The van der Waals surface area contributed by atoms with Gasteiger partial charge in [0.1, 0.15) is 6.67 Å². The lowest BCUT2D eigenvalue weighted by Gasteiger charge is -2.28. The molecule has 0 saturated heterocycles. The van der Waals surface area contributed by atoms with Crippen molar-refractivity contribution in [2.45, 2.75) is 13.0 Å². The molecule has 20 heavy (non-hydrogen) atoms. The summed E-state index contributed by atoms with van der Waals surface area (Å²) in [5.41, 5.74) is 1.39. The number of fused-ring (bicyclic) bond motifs is 1. The van der Waals surface area contributed by atoms with E-state index in [9.17, 15) is 14.4 Å². The molecule has 2 amide bonds. The van der Waals surface area contributed by atoms with Crippen LogP contribution in [0.2, 0.25) is 0 Å². The van der Waals surface area contributed by atoms with Gasteiger partial charge in [0.2, 0.25) is 6.08 Å². The molecule has 104 valence electrons. The van der Waals surface area contributed by atoms with E-state index in [-0.39, 0.29) is 18.8 Å². The molecule has 8 nitrogen and oxygen atoms in total. The van der Waals surface area contributed by atoms with Gasteiger partial charge in [0.25, 0.3) is 0 Å². The fourth-order valence-corrected chi connectivity index (χ4v) is 2.06. The van der Waals surface area contributed by atoms with Crippen LogP contribution >= 0.6 is 0 Å². The number of nitrogens with zero attached hydrogens (tertiary/aromatic N) is 3. The number of isocyanates is 1. The van der Waals surface area contributed by atoms with E-state index < -0.39 is 12.0 Å². The fraction of sp³-hybridized carbons (Fsp3) is 0.333. The third kappa shape index (κ3) is 2.81. The number of carbonyl (C=O) groups is 2. The van der Waals surface area contributed by atoms with Crippen LogP contribution < -0.4 is 5.32 Å². The molecule has 0 radical (unpaired) electrons. The highest BCUT2D eigenvalue weighted by Crippen LogP contribution is 2.20. The first-order chi connectivity index (χ1) is 9.63. The minimum atomic E-state index is -1.04. The fourth-order valence-electron chi connectivity index (χ4n) is 2.06. The van der Waals surface area contributed by atoms with Crippen molar-refractivity contribution in [1.82, 2.24) is 15.2 Å². The van der Waals surface area contributed by atoms with E-state index in [2.05, 4.69) is 15.3 Å². The standard InChI is InChI=1S/C12H12N4O4/c17-7-13-6-15-12(20)16-4-2-10-9(5-16)8(11(18)19)1-3-14-10/h1,3H,2,4-6H2,(H,15,20)(H,18,19). The van der Waals surface area contributed by atoms with Crippen LogP contribution in [0.15, 0.2) is 17.3 Å². The van der Waals surface area contributed by atoms with Crippen LogP contribution in [0.3, 0.4) is 0 Å². The molecule has 2 rings (SSSR count). The Morgan fingerprint density at radius 3 is 3.05 bits per heavy atom. The lowest BCUT2D eigenvalue weighted by molar-refractivity contribution is 0.0693. The number of carbonyl (C=O) groups excluding carboxylic acids is 2. The number of amides is 2. The van der Waals surface area contributed by atoms with Crippen LogP contribution in [-0.4, -0.2) is 46.3 Å². The van der Waals surface area contributed by atoms with E-state index in [1.54, 1.807) is 0 Å².